The van der Waals surface area contributed by atoms with Gasteiger partial charge in [-0.3, -0.25) is 9.69 Å². The minimum absolute atomic E-state index is 0.0293. The van der Waals surface area contributed by atoms with Gasteiger partial charge in [-0.15, -0.1) is 0 Å². The van der Waals surface area contributed by atoms with E-state index in [2.05, 4.69) is 30.2 Å². The molecule has 0 saturated carbocycles. The summed E-state index contributed by atoms with van der Waals surface area (Å²) < 4.78 is 7.10. The van der Waals surface area contributed by atoms with Gasteiger partial charge < -0.3 is 15.0 Å². The van der Waals surface area contributed by atoms with E-state index in [9.17, 15) is 4.79 Å². The van der Waals surface area contributed by atoms with Crippen LogP contribution in [-0.2, 0) is 0 Å². The molecule has 1 saturated heterocycles. The first-order chi connectivity index (χ1) is 18.1. The Kier molecular flexibility index (Phi) is 7.41. The van der Waals surface area contributed by atoms with Crippen molar-refractivity contribution in [2.75, 3.05) is 44.7 Å². The van der Waals surface area contributed by atoms with Crippen molar-refractivity contribution in [1.29, 1.82) is 0 Å². The predicted octanol–water partition coefficient (Wildman–Crippen LogP) is 3.28. The number of rotatable bonds is 8. The molecule has 5 rings (SSSR count). The maximum Gasteiger partial charge on any atom is 0.272 e. The van der Waals surface area contributed by atoms with Gasteiger partial charge in [0.1, 0.15) is 5.75 Å². The molecule has 1 aliphatic rings. The SMILES string of the molecule is COc1ccc(-n2nc(C(=O)NC(C)CN3CCN(c4ncccn4)CC3)cc2-c2ccccc2)cc1. The van der Waals surface area contributed by atoms with Gasteiger partial charge in [-0.2, -0.15) is 5.10 Å². The van der Waals surface area contributed by atoms with Crippen LogP contribution in [0.1, 0.15) is 17.4 Å². The maximum absolute atomic E-state index is 13.2. The highest BCUT2D eigenvalue weighted by Gasteiger charge is 2.22. The number of benzene rings is 2. The van der Waals surface area contributed by atoms with Crippen molar-refractivity contribution >= 4 is 11.9 Å². The normalized spacial score (nSPS) is 14.8. The van der Waals surface area contributed by atoms with Gasteiger partial charge in [0.05, 0.1) is 18.5 Å². The van der Waals surface area contributed by atoms with Crippen molar-refractivity contribution in [1.82, 2.24) is 30.0 Å². The molecule has 1 N–H and O–H groups in total. The lowest BCUT2D eigenvalue weighted by Gasteiger charge is -2.35. The predicted molar refractivity (Wildman–Crippen MR) is 143 cm³/mol. The smallest absolute Gasteiger partial charge is 0.272 e. The van der Waals surface area contributed by atoms with E-state index in [4.69, 9.17) is 4.74 Å². The zero-order valence-corrected chi connectivity index (χ0v) is 21.1. The van der Waals surface area contributed by atoms with Crippen molar-refractivity contribution in [2.45, 2.75) is 13.0 Å². The molecule has 9 heteroatoms. The molecule has 0 radical (unpaired) electrons. The van der Waals surface area contributed by atoms with Crippen molar-refractivity contribution in [3.05, 3.63) is 84.8 Å². The molecule has 37 heavy (non-hydrogen) atoms. The maximum atomic E-state index is 13.2. The molecule has 2 aromatic carbocycles. The Morgan fingerprint density at radius 3 is 2.35 bits per heavy atom. The van der Waals surface area contributed by atoms with Crippen molar-refractivity contribution in [3.8, 4) is 22.7 Å². The number of carbonyl (C=O) groups excluding carboxylic acids is 1. The number of methoxy groups -OCH3 is 1. The second-order valence-electron chi connectivity index (χ2n) is 9.10. The van der Waals surface area contributed by atoms with Gasteiger partial charge >= 0.3 is 0 Å². The lowest BCUT2D eigenvalue weighted by atomic mass is 10.1. The molecule has 4 aromatic rings. The molecule has 1 unspecified atom stereocenters. The number of hydrogen-bond acceptors (Lipinski definition) is 7. The summed E-state index contributed by atoms with van der Waals surface area (Å²) in [6.07, 6.45) is 3.54. The van der Waals surface area contributed by atoms with E-state index >= 15 is 0 Å². The van der Waals surface area contributed by atoms with E-state index in [-0.39, 0.29) is 11.9 Å². The van der Waals surface area contributed by atoms with Gasteiger partial charge in [0.15, 0.2) is 5.69 Å². The van der Waals surface area contributed by atoms with Crippen LogP contribution in [0.4, 0.5) is 5.95 Å². The quantitative estimate of drug-likeness (QED) is 0.400. The molecule has 2 aromatic heterocycles. The van der Waals surface area contributed by atoms with E-state index in [1.165, 1.54) is 0 Å². The molecule has 0 aliphatic carbocycles. The summed E-state index contributed by atoms with van der Waals surface area (Å²) in [5, 5.41) is 7.82. The Morgan fingerprint density at radius 2 is 1.68 bits per heavy atom. The Balaban J connectivity index is 1.26. The average Bonchev–Trinajstić information content (AvgIpc) is 3.40. The first kappa shape index (κ1) is 24.5. The van der Waals surface area contributed by atoms with Crippen LogP contribution < -0.4 is 15.0 Å². The molecule has 3 heterocycles. The number of ether oxygens (including phenoxy) is 1. The lowest BCUT2D eigenvalue weighted by molar-refractivity contribution is 0.0922. The zero-order valence-electron chi connectivity index (χ0n) is 21.1. The number of piperazine rings is 1. The number of hydrogen-bond donors (Lipinski definition) is 1. The second kappa shape index (κ2) is 11.2. The van der Waals surface area contributed by atoms with E-state index in [1.807, 2.05) is 73.7 Å². The highest BCUT2D eigenvalue weighted by molar-refractivity contribution is 5.93. The highest BCUT2D eigenvalue weighted by Crippen LogP contribution is 2.25. The van der Waals surface area contributed by atoms with Gasteiger partial charge in [0.2, 0.25) is 5.95 Å². The summed E-state index contributed by atoms with van der Waals surface area (Å²) in [5.74, 6) is 1.35. The van der Waals surface area contributed by atoms with Crippen LogP contribution in [0.5, 0.6) is 5.75 Å². The third-order valence-corrected chi connectivity index (χ3v) is 6.45. The Morgan fingerprint density at radius 1 is 0.973 bits per heavy atom. The van der Waals surface area contributed by atoms with Crippen molar-refractivity contribution < 1.29 is 9.53 Å². The molecular weight excluding hydrogens is 466 g/mol. The fraction of sp³-hybridized carbons (Fsp3) is 0.286. The first-order valence-corrected chi connectivity index (χ1v) is 12.5. The molecule has 190 valence electrons. The van der Waals surface area contributed by atoms with E-state index in [0.29, 0.717) is 5.69 Å². The third kappa shape index (κ3) is 5.78. The topological polar surface area (TPSA) is 88.4 Å². The largest absolute Gasteiger partial charge is 0.497 e. The average molecular weight is 498 g/mol. The van der Waals surface area contributed by atoms with Crippen LogP contribution in [0, 0.1) is 0 Å². The van der Waals surface area contributed by atoms with Gasteiger partial charge in [-0.1, -0.05) is 30.3 Å². The molecule has 1 fully saturated rings. The summed E-state index contributed by atoms with van der Waals surface area (Å²) in [4.78, 5) is 26.5. The Labute approximate surface area is 216 Å². The molecular formula is C28H31N7O2. The van der Waals surface area contributed by atoms with Crippen LogP contribution in [0.3, 0.4) is 0 Å². The van der Waals surface area contributed by atoms with E-state index < -0.39 is 0 Å². The molecule has 1 amide bonds. The Bertz CT molecular complexity index is 1300. The third-order valence-electron chi connectivity index (χ3n) is 6.45. The number of anilines is 1. The number of carbonyl (C=O) groups is 1. The highest BCUT2D eigenvalue weighted by atomic mass is 16.5. The summed E-state index contributed by atoms with van der Waals surface area (Å²) >= 11 is 0. The number of nitrogens with zero attached hydrogens (tertiary/aromatic N) is 6. The molecule has 1 atom stereocenters. The second-order valence-corrected chi connectivity index (χ2v) is 9.10. The number of aromatic nitrogens is 4. The minimum atomic E-state index is -0.187. The lowest BCUT2D eigenvalue weighted by Crippen LogP contribution is -2.51. The van der Waals surface area contributed by atoms with Gasteiger partial charge in [0.25, 0.3) is 5.91 Å². The zero-order chi connectivity index (χ0) is 25.6. The van der Waals surface area contributed by atoms with Crippen molar-refractivity contribution in [2.24, 2.45) is 0 Å². The fourth-order valence-corrected chi connectivity index (χ4v) is 4.54. The van der Waals surface area contributed by atoms with E-state index in [0.717, 1.165) is 61.4 Å². The molecule has 0 spiro atoms. The van der Waals surface area contributed by atoms with Crippen LogP contribution in [0.2, 0.25) is 0 Å². The molecule has 1 aliphatic heterocycles. The summed E-state index contributed by atoms with van der Waals surface area (Å²) in [6.45, 7) is 6.29. The van der Waals surface area contributed by atoms with Gasteiger partial charge in [-0.05, 0) is 43.3 Å². The standard InChI is InChI=1S/C28H31N7O2/c1-21(20-33-15-17-34(18-16-33)28-29-13-6-14-30-28)31-27(36)25-19-26(22-7-4-3-5-8-22)35(32-25)23-9-11-24(37-2)12-10-23/h3-14,19,21H,15-18,20H2,1-2H3,(H,31,36). The Hall–Kier alpha value is -4.24. The van der Waals surface area contributed by atoms with Crippen LogP contribution in [-0.4, -0.2) is 76.4 Å². The first-order valence-electron chi connectivity index (χ1n) is 12.5. The number of amides is 1. The van der Waals surface area contributed by atoms with Gasteiger partial charge in [0, 0.05) is 56.7 Å². The van der Waals surface area contributed by atoms with Crippen LogP contribution in [0.15, 0.2) is 79.1 Å². The molecule has 9 nitrogen and oxygen atoms in total. The van der Waals surface area contributed by atoms with Gasteiger partial charge in [-0.25, -0.2) is 14.6 Å². The van der Waals surface area contributed by atoms with Crippen LogP contribution >= 0.6 is 0 Å². The monoisotopic (exact) mass is 497 g/mol. The molecule has 0 bridgehead atoms. The summed E-state index contributed by atoms with van der Waals surface area (Å²) in [7, 11) is 1.64. The minimum Gasteiger partial charge on any atom is -0.497 e. The van der Waals surface area contributed by atoms with E-state index in [1.54, 1.807) is 24.2 Å². The summed E-state index contributed by atoms with van der Waals surface area (Å²) in [5.41, 5.74) is 3.07. The fourth-order valence-electron chi connectivity index (χ4n) is 4.54. The van der Waals surface area contributed by atoms with Crippen molar-refractivity contribution in [3.63, 3.8) is 0 Å². The summed E-state index contributed by atoms with van der Waals surface area (Å²) in [6, 6.07) is 21.2. The van der Waals surface area contributed by atoms with Crippen LogP contribution in [0.25, 0.3) is 16.9 Å². The number of nitrogens with one attached hydrogen (secondary N) is 1.